The molecule has 2 aromatic rings. The number of nitrogens with one attached hydrogen (secondary N) is 2. The molecule has 150 valence electrons. The Labute approximate surface area is 173 Å². The number of rotatable bonds is 8. The Morgan fingerprint density at radius 1 is 1.04 bits per heavy atom. The minimum atomic E-state index is -3.71. The third-order valence-corrected chi connectivity index (χ3v) is 5.74. The first-order valence-electron chi connectivity index (χ1n) is 8.14. The number of benzene rings is 2. The molecular weight excluding hydrogens is 427 g/mol. The number of hydrogen-bond donors (Lipinski definition) is 2. The van der Waals surface area contributed by atoms with E-state index in [1.807, 2.05) is 6.92 Å². The van der Waals surface area contributed by atoms with E-state index in [0.717, 1.165) is 5.56 Å². The molecule has 0 aromatic heterocycles. The van der Waals surface area contributed by atoms with Gasteiger partial charge in [0, 0.05) is 12.2 Å². The average Bonchev–Trinajstić information content (AvgIpc) is 2.63. The number of aryl methyl sites for hydroxylation is 1. The van der Waals surface area contributed by atoms with Crippen LogP contribution in [-0.4, -0.2) is 33.4 Å². The van der Waals surface area contributed by atoms with Gasteiger partial charge in [0.1, 0.15) is 0 Å². The molecule has 0 saturated heterocycles. The lowest BCUT2D eigenvalue weighted by Crippen LogP contribution is -2.28. The number of anilines is 1. The van der Waals surface area contributed by atoms with E-state index in [0.29, 0.717) is 10.7 Å². The molecule has 0 fully saturated rings. The zero-order valence-corrected chi connectivity index (χ0v) is 17.2. The first-order chi connectivity index (χ1) is 13.2. The first kappa shape index (κ1) is 22.2. The molecule has 0 atom stereocenters. The zero-order chi connectivity index (χ0) is 20.7. The van der Waals surface area contributed by atoms with Crippen molar-refractivity contribution in [3.05, 3.63) is 58.1 Å². The second kappa shape index (κ2) is 9.88. The quantitative estimate of drug-likeness (QED) is 0.608. The van der Waals surface area contributed by atoms with Crippen molar-refractivity contribution in [3.63, 3.8) is 0 Å². The molecule has 1 amide bonds. The maximum Gasteiger partial charge on any atom is 0.307 e. The van der Waals surface area contributed by atoms with Gasteiger partial charge in [-0.1, -0.05) is 40.9 Å². The maximum atomic E-state index is 12.1. The third-order valence-electron chi connectivity index (χ3n) is 3.52. The number of carbonyl (C=O) groups excluding carboxylic acids is 2. The fourth-order valence-corrected chi connectivity index (χ4v) is 3.41. The average molecular weight is 445 g/mol. The van der Waals surface area contributed by atoms with Crippen molar-refractivity contribution >= 4 is 50.8 Å². The van der Waals surface area contributed by atoms with Gasteiger partial charge in [-0.05, 0) is 37.3 Å². The van der Waals surface area contributed by atoms with E-state index in [9.17, 15) is 18.0 Å². The first-order valence-corrected chi connectivity index (χ1v) is 10.4. The van der Waals surface area contributed by atoms with Gasteiger partial charge < -0.3 is 10.1 Å². The van der Waals surface area contributed by atoms with Crippen LogP contribution >= 0.6 is 23.2 Å². The molecule has 28 heavy (non-hydrogen) atoms. The summed E-state index contributed by atoms with van der Waals surface area (Å²) in [5, 5.41) is 3.12. The van der Waals surface area contributed by atoms with Crippen LogP contribution in [-0.2, 0) is 24.3 Å². The highest BCUT2D eigenvalue weighted by Gasteiger charge is 2.15. The minimum Gasteiger partial charge on any atom is -0.456 e. The highest BCUT2D eigenvalue weighted by atomic mass is 35.5. The molecule has 10 heteroatoms. The van der Waals surface area contributed by atoms with Gasteiger partial charge in [0.2, 0.25) is 10.0 Å². The molecule has 2 N–H and O–H groups in total. The molecule has 0 aliphatic carbocycles. The molecule has 0 unspecified atom stereocenters. The van der Waals surface area contributed by atoms with Crippen LogP contribution in [0.4, 0.5) is 5.69 Å². The Kier molecular flexibility index (Phi) is 7.82. The summed E-state index contributed by atoms with van der Waals surface area (Å²) < 4.78 is 31.3. The SMILES string of the molecule is Cc1ccc(S(=O)(=O)NCCC(=O)OCC(=O)Nc2ccc(Cl)c(Cl)c2)cc1. The fraction of sp³-hybridized carbons (Fsp3) is 0.222. The van der Waals surface area contributed by atoms with Crippen molar-refractivity contribution in [3.8, 4) is 0 Å². The lowest BCUT2D eigenvalue weighted by atomic mass is 10.2. The van der Waals surface area contributed by atoms with Gasteiger partial charge in [-0.25, -0.2) is 13.1 Å². The summed E-state index contributed by atoms with van der Waals surface area (Å²) in [7, 11) is -3.71. The van der Waals surface area contributed by atoms with Crippen LogP contribution < -0.4 is 10.0 Å². The van der Waals surface area contributed by atoms with Gasteiger partial charge in [0.15, 0.2) is 6.61 Å². The van der Waals surface area contributed by atoms with Crippen LogP contribution in [0.15, 0.2) is 47.4 Å². The summed E-state index contributed by atoms with van der Waals surface area (Å²) in [5.74, 6) is -1.28. The van der Waals surface area contributed by atoms with E-state index >= 15 is 0 Å². The normalized spacial score (nSPS) is 11.1. The lowest BCUT2D eigenvalue weighted by Gasteiger charge is -2.08. The lowest BCUT2D eigenvalue weighted by molar-refractivity contribution is -0.147. The van der Waals surface area contributed by atoms with Crippen molar-refractivity contribution < 1.29 is 22.7 Å². The van der Waals surface area contributed by atoms with Crippen molar-refractivity contribution in [1.29, 1.82) is 0 Å². The smallest absolute Gasteiger partial charge is 0.307 e. The van der Waals surface area contributed by atoms with Gasteiger partial charge in [0.25, 0.3) is 5.91 Å². The van der Waals surface area contributed by atoms with E-state index < -0.39 is 28.5 Å². The van der Waals surface area contributed by atoms with E-state index in [1.54, 1.807) is 18.2 Å². The topological polar surface area (TPSA) is 102 Å². The Morgan fingerprint density at radius 2 is 1.71 bits per heavy atom. The van der Waals surface area contributed by atoms with Crippen molar-refractivity contribution in [2.24, 2.45) is 0 Å². The van der Waals surface area contributed by atoms with Gasteiger partial charge in [-0.2, -0.15) is 0 Å². The third kappa shape index (κ3) is 6.79. The monoisotopic (exact) mass is 444 g/mol. The van der Waals surface area contributed by atoms with Crippen LogP contribution in [0.1, 0.15) is 12.0 Å². The molecule has 0 saturated carbocycles. The Hall–Kier alpha value is -2.13. The summed E-state index contributed by atoms with van der Waals surface area (Å²) in [6.45, 7) is 1.19. The standard InChI is InChI=1S/C18H18Cl2N2O5S/c1-12-2-5-14(6-3-12)28(25,26)21-9-8-18(24)27-11-17(23)22-13-4-7-15(19)16(20)10-13/h2-7,10,21H,8-9,11H2,1H3,(H,22,23). The number of carbonyl (C=O) groups is 2. The number of esters is 1. The molecule has 0 heterocycles. The number of hydrogen-bond acceptors (Lipinski definition) is 5. The largest absolute Gasteiger partial charge is 0.456 e. The molecule has 2 aromatic carbocycles. The zero-order valence-electron chi connectivity index (χ0n) is 14.9. The number of amides is 1. The summed E-state index contributed by atoms with van der Waals surface area (Å²) in [6, 6.07) is 10.8. The van der Waals surface area contributed by atoms with Crippen LogP contribution in [0.25, 0.3) is 0 Å². The second-order valence-electron chi connectivity index (χ2n) is 5.80. The molecule has 0 aliphatic rings. The highest BCUT2D eigenvalue weighted by molar-refractivity contribution is 7.89. The predicted octanol–water partition coefficient (Wildman–Crippen LogP) is 3.15. The van der Waals surface area contributed by atoms with E-state index in [-0.39, 0.29) is 22.9 Å². The summed E-state index contributed by atoms with van der Waals surface area (Å²) in [4.78, 5) is 23.6. The summed E-state index contributed by atoms with van der Waals surface area (Å²) in [5.41, 5.74) is 1.34. The summed E-state index contributed by atoms with van der Waals surface area (Å²) in [6.07, 6.45) is -0.217. The van der Waals surface area contributed by atoms with Crippen molar-refractivity contribution in [2.45, 2.75) is 18.2 Å². The Bertz CT molecular complexity index is 962. The molecule has 0 spiro atoms. The van der Waals surface area contributed by atoms with E-state index in [4.69, 9.17) is 27.9 Å². The Balaban J connectivity index is 1.74. The molecule has 0 radical (unpaired) electrons. The molecule has 7 nitrogen and oxygen atoms in total. The maximum absolute atomic E-state index is 12.1. The molecule has 0 bridgehead atoms. The van der Waals surface area contributed by atoms with Gasteiger partial charge in [0.05, 0.1) is 21.4 Å². The molecule has 2 rings (SSSR count). The van der Waals surface area contributed by atoms with Crippen LogP contribution in [0, 0.1) is 6.92 Å². The van der Waals surface area contributed by atoms with E-state index in [2.05, 4.69) is 10.0 Å². The van der Waals surface area contributed by atoms with Crippen LogP contribution in [0.2, 0.25) is 10.0 Å². The number of halogens is 2. The van der Waals surface area contributed by atoms with Gasteiger partial charge >= 0.3 is 5.97 Å². The number of ether oxygens (including phenoxy) is 1. The highest BCUT2D eigenvalue weighted by Crippen LogP contribution is 2.24. The van der Waals surface area contributed by atoms with Gasteiger partial charge in [-0.15, -0.1) is 0 Å². The van der Waals surface area contributed by atoms with E-state index in [1.165, 1.54) is 24.3 Å². The fourth-order valence-electron chi connectivity index (χ4n) is 2.08. The van der Waals surface area contributed by atoms with Crippen molar-refractivity contribution in [2.75, 3.05) is 18.5 Å². The van der Waals surface area contributed by atoms with Crippen LogP contribution in [0.3, 0.4) is 0 Å². The second-order valence-corrected chi connectivity index (χ2v) is 8.38. The predicted molar refractivity (Wildman–Crippen MR) is 107 cm³/mol. The van der Waals surface area contributed by atoms with Gasteiger partial charge in [-0.3, -0.25) is 9.59 Å². The number of sulfonamides is 1. The summed E-state index contributed by atoms with van der Waals surface area (Å²) >= 11 is 11.6. The molecule has 0 aliphatic heterocycles. The molecular formula is C18H18Cl2N2O5S. The Morgan fingerprint density at radius 3 is 2.36 bits per heavy atom. The minimum absolute atomic E-state index is 0.104. The van der Waals surface area contributed by atoms with Crippen molar-refractivity contribution in [1.82, 2.24) is 4.72 Å². The van der Waals surface area contributed by atoms with Crippen LogP contribution in [0.5, 0.6) is 0 Å².